The Hall–Kier alpha value is -3.16. The summed E-state index contributed by atoms with van der Waals surface area (Å²) in [7, 11) is 1.66. The number of anilines is 1. The fourth-order valence-electron chi connectivity index (χ4n) is 3.91. The number of halogens is 1. The van der Waals surface area contributed by atoms with Crippen molar-refractivity contribution in [1.29, 1.82) is 0 Å². The van der Waals surface area contributed by atoms with Gasteiger partial charge in [-0.05, 0) is 59.9 Å². The van der Waals surface area contributed by atoms with Gasteiger partial charge in [-0.25, -0.2) is 4.68 Å². The fourth-order valence-corrected chi connectivity index (χ4v) is 4.07. The van der Waals surface area contributed by atoms with Crippen molar-refractivity contribution in [3.05, 3.63) is 76.7 Å². The molecule has 0 amide bonds. The van der Waals surface area contributed by atoms with E-state index in [1.807, 2.05) is 28.9 Å². The quantitative estimate of drug-likeness (QED) is 0.404. The molecule has 2 aromatic heterocycles. The highest BCUT2D eigenvalue weighted by molar-refractivity contribution is 6.28. The summed E-state index contributed by atoms with van der Waals surface area (Å²) in [6, 6.07) is 16.6. The second kappa shape index (κ2) is 9.14. The predicted molar refractivity (Wildman–Crippen MR) is 126 cm³/mol. The average molecular weight is 449 g/mol. The molecule has 0 spiro atoms. The molecule has 0 bridgehead atoms. The lowest BCUT2D eigenvalue weighted by atomic mass is 10.1. The first kappa shape index (κ1) is 20.7. The number of methoxy groups -OCH3 is 1. The van der Waals surface area contributed by atoms with Gasteiger partial charge in [-0.1, -0.05) is 36.4 Å². The molecule has 0 aliphatic carbocycles. The Balaban J connectivity index is 1.35. The van der Waals surface area contributed by atoms with Crippen LogP contribution in [-0.4, -0.2) is 44.8 Å². The van der Waals surface area contributed by atoms with Gasteiger partial charge in [0.25, 0.3) is 0 Å². The van der Waals surface area contributed by atoms with Crippen LogP contribution in [0.15, 0.2) is 54.7 Å². The molecule has 7 nitrogen and oxygen atoms in total. The number of ether oxygens (including phenoxy) is 1. The van der Waals surface area contributed by atoms with Gasteiger partial charge < -0.3 is 10.1 Å². The van der Waals surface area contributed by atoms with Crippen molar-refractivity contribution in [3.63, 3.8) is 0 Å². The van der Waals surface area contributed by atoms with Crippen LogP contribution in [0.5, 0.6) is 5.75 Å². The molecule has 164 valence electrons. The van der Waals surface area contributed by atoms with E-state index in [0.29, 0.717) is 18.9 Å². The Morgan fingerprint density at radius 2 is 1.78 bits per heavy atom. The Bertz CT molecular complexity index is 1220. The van der Waals surface area contributed by atoms with Crippen LogP contribution in [-0.2, 0) is 19.6 Å². The molecular weight excluding hydrogens is 424 g/mol. The van der Waals surface area contributed by atoms with Crippen LogP contribution in [0.1, 0.15) is 23.1 Å². The predicted octanol–water partition coefficient (Wildman–Crippen LogP) is 4.35. The van der Waals surface area contributed by atoms with Gasteiger partial charge in [-0.15, -0.1) is 0 Å². The fraction of sp³-hybridized carbons (Fsp3) is 0.292. The van der Waals surface area contributed by atoms with Gasteiger partial charge in [0.15, 0.2) is 5.65 Å². The molecule has 0 radical (unpaired) electrons. The highest BCUT2D eigenvalue weighted by atomic mass is 35.5. The van der Waals surface area contributed by atoms with Gasteiger partial charge in [-0.3, -0.25) is 4.90 Å². The number of hydrogen-bond donors (Lipinski definition) is 1. The van der Waals surface area contributed by atoms with Gasteiger partial charge in [0.1, 0.15) is 11.6 Å². The van der Waals surface area contributed by atoms with Crippen molar-refractivity contribution >= 4 is 28.5 Å². The van der Waals surface area contributed by atoms with Gasteiger partial charge in [0, 0.05) is 13.1 Å². The molecule has 0 saturated carbocycles. The number of benzene rings is 2. The molecular formula is C24H25ClN6O. The molecule has 1 fully saturated rings. The van der Waals surface area contributed by atoms with Crippen molar-refractivity contribution in [2.75, 3.05) is 25.5 Å². The topological polar surface area (TPSA) is 68.1 Å². The molecule has 1 N–H and O–H groups in total. The van der Waals surface area contributed by atoms with E-state index in [1.54, 1.807) is 13.3 Å². The maximum absolute atomic E-state index is 6.26. The van der Waals surface area contributed by atoms with Crippen molar-refractivity contribution in [2.24, 2.45) is 0 Å². The van der Waals surface area contributed by atoms with E-state index < -0.39 is 0 Å². The lowest BCUT2D eigenvalue weighted by Crippen LogP contribution is -2.36. The number of nitrogens with zero attached hydrogens (tertiary/aromatic N) is 5. The summed E-state index contributed by atoms with van der Waals surface area (Å²) in [6.45, 7) is 4.62. The van der Waals surface area contributed by atoms with E-state index in [0.717, 1.165) is 28.9 Å². The summed E-state index contributed by atoms with van der Waals surface area (Å²) in [5.74, 6) is 1.50. The van der Waals surface area contributed by atoms with Crippen LogP contribution >= 0.6 is 11.6 Å². The summed E-state index contributed by atoms with van der Waals surface area (Å²) in [4.78, 5) is 11.3. The third kappa shape index (κ3) is 4.54. The van der Waals surface area contributed by atoms with Crippen LogP contribution in [0.2, 0.25) is 5.28 Å². The van der Waals surface area contributed by atoms with Crippen molar-refractivity contribution in [2.45, 2.75) is 26.1 Å². The average Bonchev–Trinajstić information content (AvgIpc) is 3.17. The standard InChI is InChI=1S/C24H25ClN6O/c1-32-20-8-6-17(7-9-20)13-26-22-21-14-27-31(23(21)29-24(25)28-22)16-19-5-2-4-18(12-19)15-30-10-3-11-30/h2,4-9,12,14H,3,10-11,13,15-16H2,1H3,(H,26,28,29). The third-order valence-corrected chi connectivity index (χ3v) is 5.94. The van der Waals surface area contributed by atoms with E-state index in [1.165, 1.54) is 30.6 Å². The minimum Gasteiger partial charge on any atom is -0.497 e. The summed E-state index contributed by atoms with van der Waals surface area (Å²) >= 11 is 6.26. The van der Waals surface area contributed by atoms with Crippen LogP contribution in [0, 0.1) is 0 Å². The lowest BCUT2D eigenvalue weighted by molar-refractivity contribution is 0.172. The van der Waals surface area contributed by atoms with Crippen LogP contribution in [0.4, 0.5) is 5.82 Å². The summed E-state index contributed by atoms with van der Waals surface area (Å²) in [6.07, 6.45) is 3.10. The Labute approximate surface area is 192 Å². The molecule has 32 heavy (non-hydrogen) atoms. The molecule has 2 aromatic carbocycles. The van der Waals surface area contributed by atoms with Gasteiger partial charge in [-0.2, -0.15) is 15.1 Å². The van der Waals surface area contributed by atoms with Crippen LogP contribution < -0.4 is 10.1 Å². The van der Waals surface area contributed by atoms with E-state index in [9.17, 15) is 0 Å². The molecule has 1 saturated heterocycles. The third-order valence-electron chi connectivity index (χ3n) is 5.77. The Morgan fingerprint density at radius 3 is 2.50 bits per heavy atom. The molecule has 1 aliphatic rings. The van der Waals surface area contributed by atoms with Gasteiger partial charge >= 0.3 is 0 Å². The zero-order valence-electron chi connectivity index (χ0n) is 18.0. The normalized spacial score (nSPS) is 13.8. The summed E-state index contributed by atoms with van der Waals surface area (Å²) < 4.78 is 7.10. The van der Waals surface area contributed by atoms with E-state index in [4.69, 9.17) is 16.3 Å². The number of nitrogens with one attached hydrogen (secondary N) is 1. The summed E-state index contributed by atoms with van der Waals surface area (Å²) in [5, 5.41) is 8.99. The van der Waals surface area contributed by atoms with Crippen molar-refractivity contribution in [3.8, 4) is 5.75 Å². The largest absolute Gasteiger partial charge is 0.497 e. The number of hydrogen-bond acceptors (Lipinski definition) is 6. The number of fused-ring (bicyclic) bond motifs is 1. The maximum atomic E-state index is 6.26. The van der Waals surface area contributed by atoms with E-state index in [-0.39, 0.29) is 5.28 Å². The molecule has 0 unspecified atom stereocenters. The second-order valence-corrected chi connectivity index (χ2v) is 8.37. The zero-order chi connectivity index (χ0) is 21.9. The highest BCUT2D eigenvalue weighted by Crippen LogP contribution is 2.24. The second-order valence-electron chi connectivity index (χ2n) is 8.03. The van der Waals surface area contributed by atoms with Crippen LogP contribution in [0.3, 0.4) is 0 Å². The van der Waals surface area contributed by atoms with Crippen molar-refractivity contribution in [1.82, 2.24) is 24.6 Å². The molecule has 0 atom stereocenters. The first-order valence-corrected chi connectivity index (χ1v) is 11.1. The minimum absolute atomic E-state index is 0.197. The number of aromatic nitrogens is 4. The Kier molecular flexibility index (Phi) is 5.92. The smallest absolute Gasteiger partial charge is 0.226 e. The van der Waals surface area contributed by atoms with Crippen LogP contribution in [0.25, 0.3) is 11.0 Å². The molecule has 3 heterocycles. The highest BCUT2D eigenvalue weighted by Gasteiger charge is 2.15. The van der Waals surface area contributed by atoms with E-state index in [2.05, 4.69) is 49.5 Å². The minimum atomic E-state index is 0.197. The first-order chi connectivity index (χ1) is 15.7. The van der Waals surface area contributed by atoms with Crippen molar-refractivity contribution < 1.29 is 4.74 Å². The monoisotopic (exact) mass is 448 g/mol. The van der Waals surface area contributed by atoms with E-state index >= 15 is 0 Å². The molecule has 8 heteroatoms. The number of rotatable bonds is 8. The number of likely N-dealkylation sites (tertiary alicyclic amines) is 1. The first-order valence-electron chi connectivity index (χ1n) is 10.7. The molecule has 5 rings (SSSR count). The maximum Gasteiger partial charge on any atom is 0.226 e. The SMILES string of the molecule is COc1ccc(CNc2nc(Cl)nc3c2cnn3Cc2cccc(CN3CCC3)c2)cc1. The Morgan fingerprint density at radius 1 is 1.00 bits per heavy atom. The molecule has 1 aliphatic heterocycles. The van der Waals surface area contributed by atoms with Gasteiger partial charge in [0.2, 0.25) is 5.28 Å². The lowest BCUT2D eigenvalue weighted by Gasteiger charge is -2.30. The van der Waals surface area contributed by atoms with Gasteiger partial charge in [0.05, 0.1) is 25.2 Å². The summed E-state index contributed by atoms with van der Waals surface area (Å²) in [5.41, 5.74) is 4.35. The molecule has 4 aromatic rings. The zero-order valence-corrected chi connectivity index (χ0v) is 18.7.